The first kappa shape index (κ1) is 11.7. The summed E-state index contributed by atoms with van der Waals surface area (Å²) in [5.74, 6) is 0.570. The summed E-state index contributed by atoms with van der Waals surface area (Å²) in [4.78, 5) is 13.5. The summed E-state index contributed by atoms with van der Waals surface area (Å²) in [7, 11) is -0.878. The number of rotatable bonds is 4. The first-order valence-electron chi connectivity index (χ1n) is 4.94. The molecule has 2 atom stereocenters. The van der Waals surface area contributed by atoms with E-state index < -0.39 is 10.8 Å². The van der Waals surface area contributed by atoms with Crippen LogP contribution in [0.25, 0.3) is 0 Å². The quantitative estimate of drug-likeness (QED) is 0.705. The van der Waals surface area contributed by atoms with E-state index in [2.05, 4.69) is 0 Å². The predicted octanol–water partition coefficient (Wildman–Crippen LogP) is -0.295. The lowest BCUT2D eigenvalue weighted by Gasteiger charge is -2.23. The number of nitrogens with two attached hydrogens (primary N) is 1. The molecule has 0 spiro atoms. The highest BCUT2D eigenvalue weighted by atomic mass is 32.2. The molecule has 2 N–H and O–H groups in total. The van der Waals surface area contributed by atoms with E-state index in [9.17, 15) is 9.00 Å². The van der Waals surface area contributed by atoms with Crippen molar-refractivity contribution in [2.45, 2.75) is 25.3 Å². The maximum atomic E-state index is 11.7. The van der Waals surface area contributed by atoms with E-state index in [0.29, 0.717) is 18.7 Å². The van der Waals surface area contributed by atoms with Crippen LogP contribution in [0.2, 0.25) is 0 Å². The summed E-state index contributed by atoms with van der Waals surface area (Å²) in [5.41, 5.74) is 5.56. The van der Waals surface area contributed by atoms with E-state index in [1.54, 1.807) is 6.26 Å². The summed E-state index contributed by atoms with van der Waals surface area (Å²) in [6.07, 6.45) is 4.07. The van der Waals surface area contributed by atoms with Crippen LogP contribution in [-0.4, -0.2) is 46.2 Å². The molecule has 0 aromatic rings. The standard InChI is InChI=1S/C9H18N2O2S/c1-14(13)6-4-9(12)11-5-2-3-8(11)7-10/h8H,2-7,10H2,1H3. The van der Waals surface area contributed by atoms with Crippen molar-refractivity contribution in [2.24, 2.45) is 5.73 Å². The van der Waals surface area contributed by atoms with Crippen LogP contribution < -0.4 is 5.73 Å². The number of carbonyl (C=O) groups is 1. The van der Waals surface area contributed by atoms with Crippen molar-refractivity contribution in [1.82, 2.24) is 4.90 Å². The first-order valence-corrected chi connectivity index (χ1v) is 6.67. The molecular formula is C9H18N2O2S. The van der Waals surface area contributed by atoms with Crippen LogP contribution in [0.1, 0.15) is 19.3 Å². The molecule has 0 aromatic carbocycles. The monoisotopic (exact) mass is 218 g/mol. The minimum atomic E-state index is -0.878. The average Bonchev–Trinajstić information content (AvgIpc) is 2.61. The lowest BCUT2D eigenvalue weighted by molar-refractivity contribution is -0.131. The summed E-state index contributed by atoms with van der Waals surface area (Å²) < 4.78 is 10.8. The summed E-state index contributed by atoms with van der Waals surface area (Å²) in [6, 6.07) is 0.216. The normalized spacial score (nSPS) is 23.9. The second-order valence-corrected chi connectivity index (χ2v) is 5.20. The van der Waals surface area contributed by atoms with Gasteiger partial charge in [-0.05, 0) is 12.8 Å². The van der Waals surface area contributed by atoms with E-state index in [1.807, 2.05) is 4.90 Å². The van der Waals surface area contributed by atoms with Gasteiger partial charge in [0.15, 0.2) is 0 Å². The molecule has 0 radical (unpaired) electrons. The van der Waals surface area contributed by atoms with Gasteiger partial charge in [0, 0.05) is 48.4 Å². The van der Waals surface area contributed by atoms with Gasteiger partial charge in [-0.3, -0.25) is 9.00 Å². The van der Waals surface area contributed by atoms with E-state index >= 15 is 0 Å². The fourth-order valence-corrected chi connectivity index (χ4v) is 2.25. The molecule has 0 saturated carbocycles. The fourth-order valence-electron chi connectivity index (χ4n) is 1.78. The van der Waals surface area contributed by atoms with E-state index in [4.69, 9.17) is 5.73 Å². The van der Waals surface area contributed by atoms with Crippen molar-refractivity contribution in [2.75, 3.05) is 25.1 Å². The number of carbonyl (C=O) groups excluding carboxylic acids is 1. The molecule has 1 saturated heterocycles. The highest BCUT2D eigenvalue weighted by Crippen LogP contribution is 2.16. The maximum Gasteiger partial charge on any atom is 0.223 e. The Morgan fingerprint density at radius 2 is 2.36 bits per heavy atom. The van der Waals surface area contributed by atoms with Crippen LogP contribution in [0, 0.1) is 0 Å². The van der Waals surface area contributed by atoms with Crippen molar-refractivity contribution >= 4 is 16.7 Å². The Morgan fingerprint density at radius 1 is 1.64 bits per heavy atom. The molecule has 82 valence electrons. The lowest BCUT2D eigenvalue weighted by atomic mass is 10.2. The van der Waals surface area contributed by atoms with Gasteiger partial charge in [0.1, 0.15) is 0 Å². The van der Waals surface area contributed by atoms with Crippen LogP contribution in [0.3, 0.4) is 0 Å². The number of amides is 1. The van der Waals surface area contributed by atoms with Gasteiger partial charge in [-0.1, -0.05) is 0 Å². The van der Waals surface area contributed by atoms with E-state index in [-0.39, 0.29) is 11.9 Å². The zero-order valence-electron chi connectivity index (χ0n) is 8.57. The van der Waals surface area contributed by atoms with Crippen molar-refractivity contribution in [3.05, 3.63) is 0 Å². The largest absolute Gasteiger partial charge is 0.338 e. The SMILES string of the molecule is CS(=O)CCC(=O)N1CCCC1CN. The second kappa shape index (κ2) is 5.46. The second-order valence-electron chi connectivity index (χ2n) is 3.65. The van der Waals surface area contributed by atoms with Gasteiger partial charge in [0.25, 0.3) is 0 Å². The summed E-state index contributed by atoms with van der Waals surface area (Å²) in [6.45, 7) is 1.36. The minimum Gasteiger partial charge on any atom is -0.338 e. The third kappa shape index (κ3) is 3.06. The Bertz CT molecular complexity index is 233. The predicted molar refractivity (Wildman–Crippen MR) is 57.3 cm³/mol. The number of nitrogens with zero attached hydrogens (tertiary/aromatic N) is 1. The molecule has 5 heteroatoms. The van der Waals surface area contributed by atoms with Gasteiger partial charge in [-0.2, -0.15) is 0 Å². The molecule has 1 aliphatic rings. The van der Waals surface area contributed by atoms with Crippen LogP contribution in [0.4, 0.5) is 0 Å². The fraction of sp³-hybridized carbons (Fsp3) is 0.889. The van der Waals surface area contributed by atoms with Crippen LogP contribution in [0.5, 0.6) is 0 Å². The van der Waals surface area contributed by atoms with Crippen molar-refractivity contribution < 1.29 is 9.00 Å². The molecule has 0 aromatic heterocycles. The highest BCUT2D eigenvalue weighted by Gasteiger charge is 2.26. The van der Waals surface area contributed by atoms with E-state index in [1.165, 1.54) is 0 Å². The Balaban J connectivity index is 2.39. The third-order valence-electron chi connectivity index (χ3n) is 2.57. The molecule has 2 unspecified atom stereocenters. The first-order chi connectivity index (χ1) is 6.65. The van der Waals surface area contributed by atoms with Gasteiger partial charge >= 0.3 is 0 Å². The number of likely N-dealkylation sites (tertiary alicyclic amines) is 1. The van der Waals surface area contributed by atoms with E-state index in [0.717, 1.165) is 19.4 Å². The smallest absolute Gasteiger partial charge is 0.223 e. The zero-order chi connectivity index (χ0) is 10.6. The summed E-state index contributed by atoms with van der Waals surface area (Å²) >= 11 is 0. The molecular weight excluding hydrogens is 200 g/mol. The van der Waals surface area contributed by atoms with Gasteiger partial charge in [0.05, 0.1) is 0 Å². The molecule has 0 aliphatic carbocycles. The highest BCUT2D eigenvalue weighted by molar-refractivity contribution is 7.84. The molecule has 1 rings (SSSR count). The Kier molecular flexibility index (Phi) is 4.54. The molecule has 1 heterocycles. The lowest BCUT2D eigenvalue weighted by Crippen LogP contribution is -2.40. The minimum absolute atomic E-state index is 0.105. The Morgan fingerprint density at radius 3 is 2.93 bits per heavy atom. The van der Waals surface area contributed by atoms with Gasteiger partial charge < -0.3 is 10.6 Å². The molecule has 1 aliphatic heterocycles. The molecule has 1 fully saturated rings. The van der Waals surface area contributed by atoms with Gasteiger partial charge in [-0.15, -0.1) is 0 Å². The number of hydrogen-bond donors (Lipinski definition) is 1. The molecule has 1 amide bonds. The third-order valence-corrected chi connectivity index (χ3v) is 3.35. The van der Waals surface area contributed by atoms with Crippen molar-refractivity contribution in [3.63, 3.8) is 0 Å². The topological polar surface area (TPSA) is 63.4 Å². The van der Waals surface area contributed by atoms with Gasteiger partial charge in [0.2, 0.25) is 5.91 Å². The molecule has 0 bridgehead atoms. The van der Waals surface area contributed by atoms with Crippen LogP contribution in [-0.2, 0) is 15.6 Å². The van der Waals surface area contributed by atoms with Crippen molar-refractivity contribution in [1.29, 1.82) is 0 Å². The van der Waals surface area contributed by atoms with Crippen molar-refractivity contribution in [3.8, 4) is 0 Å². The van der Waals surface area contributed by atoms with Gasteiger partial charge in [-0.25, -0.2) is 0 Å². The number of hydrogen-bond acceptors (Lipinski definition) is 3. The van der Waals surface area contributed by atoms with Crippen LogP contribution in [0.15, 0.2) is 0 Å². The zero-order valence-corrected chi connectivity index (χ0v) is 9.39. The Labute approximate surface area is 87.3 Å². The molecule has 14 heavy (non-hydrogen) atoms. The maximum absolute atomic E-state index is 11.7. The summed E-state index contributed by atoms with van der Waals surface area (Å²) in [5, 5.41) is 0. The average molecular weight is 218 g/mol. The molecule has 4 nitrogen and oxygen atoms in total. The van der Waals surface area contributed by atoms with Crippen LogP contribution >= 0.6 is 0 Å². The Hall–Kier alpha value is -0.420.